The second-order valence-electron chi connectivity index (χ2n) is 4.80. The van der Waals surface area contributed by atoms with Crippen molar-refractivity contribution in [1.29, 1.82) is 0 Å². The highest BCUT2D eigenvalue weighted by Gasteiger charge is 2.31. The molecule has 0 bridgehead atoms. The molecule has 2 rings (SSSR count). The molecule has 1 aromatic rings. The van der Waals surface area contributed by atoms with Crippen molar-refractivity contribution < 1.29 is 19.8 Å². The number of aliphatic hydroxyl groups excluding tert-OH is 1. The van der Waals surface area contributed by atoms with Gasteiger partial charge >= 0.3 is 12.0 Å². The summed E-state index contributed by atoms with van der Waals surface area (Å²) in [6, 6.07) is 6.81. The van der Waals surface area contributed by atoms with E-state index in [0.29, 0.717) is 12.1 Å². The zero-order valence-corrected chi connectivity index (χ0v) is 11.0. The van der Waals surface area contributed by atoms with Crippen molar-refractivity contribution >= 4 is 12.0 Å². The van der Waals surface area contributed by atoms with E-state index in [-0.39, 0.29) is 12.6 Å². The van der Waals surface area contributed by atoms with Gasteiger partial charge in [0.2, 0.25) is 0 Å². The van der Waals surface area contributed by atoms with Crippen molar-refractivity contribution in [3.8, 4) is 0 Å². The maximum absolute atomic E-state index is 12.1. The topological polar surface area (TPSA) is 89.9 Å². The van der Waals surface area contributed by atoms with Crippen molar-refractivity contribution in [3.63, 3.8) is 0 Å². The molecule has 1 fully saturated rings. The predicted octanol–water partition coefficient (Wildman–Crippen LogP) is 0.979. The summed E-state index contributed by atoms with van der Waals surface area (Å²) >= 11 is 0. The fourth-order valence-electron chi connectivity index (χ4n) is 2.43. The standard InChI is InChI=1S/C14H18N2O4/c17-9-11-7-4-8-16(11)14(20)15-12(13(18)19)10-5-2-1-3-6-10/h1-3,5-6,11-12,17H,4,7-9H2,(H,15,20)(H,18,19)/t11?,12-/m1/s1. The lowest BCUT2D eigenvalue weighted by molar-refractivity contribution is -0.139. The highest BCUT2D eigenvalue weighted by Crippen LogP contribution is 2.19. The van der Waals surface area contributed by atoms with Crippen LogP contribution in [0.15, 0.2) is 30.3 Å². The second kappa shape index (κ2) is 6.38. The van der Waals surface area contributed by atoms with Crippen molar-refractivity contribution in [1.82, 2.24) is 10.2 Å². The molecular formula is C14H18N2O4. The maximum Gasteiger partial charge on any atom is 0.330 e. The van der Waals surface area contributed by atoms with Crippen LogP contribution in [0.1, 0.15) is 24.4 Å². The lowest BCUT2D eigenvalue weighted by Crippen LogP contribution is -2.46. The molecule has 6 nitrogen and oxygen atoms in total. The molecule has 20 heavy (non-hydrogen) atoms. The first-order chi connectivity index (χ1) is 9.63. The number of aliphatic hydroxyl groups is 1. The summed E-state index contributed by atoms with van der Waals surface area (Å²) in [4.78, 5) is 25.0. The largest absolute Gasteiger partial charge is 0.479 e. The fourth-order valence-corrected chi connectivity index (χ4v) is 2.43. The van der Waals surface area contributed by atoms with Crippen LogP contribution in [0, 0.1) is 0 Å². The SMILES string of the molecule is O=C(O)[C@H](NC(=O)N1CCCC1CO)c1ccccc1. The second-order valence-corrected chi connectivity index (χ2v) is 4.80. The van der Waals surface area contributed by atoms with E-state index in [0.717, 1.165) is 12.8 Å². The number of likely N-dealkylation sites (tertiary alicyclic amines) is 1. The number of carbonyl (C=O) groups is 2. The van der Waals surface area contributed by atoms with Crippen LogP contribution in [0.25, 0.3) is 0 Å². The van der Waals surface area contributed by atoms with Crippen molar-refractivity contribution in [2.24, 2.45) is 0 Å². The zero-order chi connectivity index (χ0) is 14.5. The number of rotatable bonds is 4. The minimum absolute atomic E-state index is 0.101. The van der Waals surface area contributed by atoms with Gasteiger partial charge in [-0.1, -0.05) is 30.3 Å². The Morgan fingerprint density at radius 2 is 2.05 bits per heavy atom. The molecule has 0 spiro atoms. The van der Waals surface area contributed by atoms with Crippen LogP contribution in [0.5, 0.6) is 0 Å². The van der Waals surface area contributed by atoms with Gasteiger partial charge in [-0.15, -0.1) is 0 Å². The minimum Gasteiger partial charge on any atom is -0.479 e. The van der Waals surface area contributed by atoms with E-state index in [1.54, 1.807) is 30.3 Å². The number of benzene rings is 1. The maximum atomic E-state index is 12.1. The van der Waals surface area contributed by atoms with Gasteiger partial charge in [0.05, 0.1) is 12.6 Å². The summed E-state index contributed by atoms with van der Waals surface area (Å²) in [5.41, 5.74) is 0.521. The van der Waals surface area contributed by atoms with Crippen LogP contribution in [-0.4, -0.2) is 46.3 Å². The first-order valence-corrected chi connectivity index (χ1v) is 6.59. The molecule has 3 N–H and O–H groups in total. The molecule has 1 saturated heterocycles. The Morgan fingerprint density at radius 1 is 1.35 bits per heavy atom. The van der Waals surface area contributed by atoms with Gasteiger partial charge in [-0.25, -0.2) is 9.59 Å². The van der Waals surface area contributed by atoms with Crippen LogP contribution in [0.3, 0.4) is 0 Å². The number of carboxylic acids is 1. The molecule has 0 radical (unpaired) electrons. The summed E-state index contributed by atoms with van der Waals surface area (Å²) in [7, 11) is 0. The van der Waals surface area contributed by atoms with E-state index in [1.165, 1.54) is 4.90 Å². The molecule has 1 aromatic carbocycles. The number of amides is 2. The van der Waals surface area contributed by atoms with E-state index < -0.39 is 18.0 Å². The van der Waals surface area contributed by atoms with Crippen LogP contribution in [-0.2, 0) is 4.79 Å². The summed E-state index contributed by atoms with van der Waals surface area (Å²) in [5, 5.41) is 21.0. The summed E-state index contributed by atoms with van der Waals surface area (Å²) in [5.74, 6) is -1.11. The van der Waals surface area contributed by atoms with E-state index in [4.69, 9.17) is 0 Å². The van der Waals surface area contributed by atoms with Gasteiger partial charge in [0.15, 0.2) is 6.04 Å². The molecule has 1 heterocycles. The predicted molar refractivity (Wildman–Crippen MR) is 72.2 cm³/mol. The Morgan fingerprint density at radius 3 is 2.65 bits per heavy atom. The van der Waals surface area contributed by atoms with E-state index in [2.05, 4.69) is 5.32 Å². The quantitative estimate of drug-likeness (QED) is 0.765. The normalized spacial score (nSPS) is 19.6. The number of nitrogens with one attached hydrogen (secondary N) is 1. The van der Waals surface area contributed by atoms with Gasteiger partial charge in [0.25, 0.3) is 0 Å². The Kier molecular flexibility index (Phi) is 4.57. The molecule has 108 valence electrons. The number of hydrogen-bond acceptors (Lipinski definition) is 3. The average Bonchev–Trinajstić information content (AvgIpc) is 2.93. The molecule has 2 amide bonds. The van der Waals surface area contributed by atoms with Gasteiger partial charge < -0.3 is 20.4 Å². The van der Waals surface area contributed by atoms with Crippen molar-refractivity contribution in [2.75, 3.05) is 13.2 Å². The molecule has 1 aliphatic heterocycles. The molecular weight excluding hydrogens is 260 g/mol. The number of hydrogen-bond donors (Lipinski definition) is 3. The number of urea groups is 1. The summed E-state index contributed by atoms with van der Waals surface area (Å²) in [6.07, 6.45) is 1.56. The van der Waals surface area contributed by atoms with Crippen molar-refractivity contribution in [2.45, 2.75) is 24.9 Å². The highest BCUT2D eigenvalue weighted by atomic mass is 16.4. The molecule has 0 aromatic heterocycles. The third-order valence-corrected chi connectivity index (χ3v) is 3.50. The lowest BCUT2D eigenvalue weighted by Gasteiger charge is -2.25. The minimum atomic E-state index is -1.11. The van der Waals surface area contributed by atoms with Gasteiger partial charge in [-0.3, -0.25) is 0 Å². The number of aliphatic carboxylic acids is 1. The van der Waals surface area contributed by atoms with E-state index in [9.17, 15) is 19.8 Å². The van der Waals surface area contributed by atoms with Crippen LogP contribution >= 0.6 is 0 Å². The average molecular weight is 278 g/mol. The number of nitrogens with zero attached hydrogens (tertiary/aromatic N) is 1. The molecule has 0 aliphatic carbocycles. The van der Waals surface area contributed by atoms with Gasteiger partial charge in [0, 0.05) is 6.54 Å². The smallest absolute Gasteiger partial charge is 0.330 e. The molecule has 6 heteroatoms. The summed E-state index contributed by atoms with van der Waals surface area (Å²) < 4.78 is 0. The molecule has 0 saturated carbocycles. The van der Waals surface area contributed by atoms with Gasteiger partial charge in [-0.05, 0) is 18.4 Å². The zero-order valence-electron chi connectivity index (χ0n) is 11.0. The van der Waals surface area contributed by atoms with Gasteiger partial charge in [0.1, 0.15) is 0 Å². The summed E-state index contributed by atoms with van der Waals surface area (Å²) in [6.45, 7) is 0.439. The Bertz CT molecular complexity index is 477. The first-order valence-electron chi connectivity index (χ1n) is 6.59. The highest BCUT2D eigenvalue weighted by molar-refractivity contribution is 5.84. The molecule has 1 unspecified atom stereocenters. The van der Waals surface area contributed by atoms with Crippen LogP contribution in [0.4, 0.5) is 4.79 Å². The first kappa shape index (κ1) is 14.3. The Labute approximate surface area is 117 Å². The Hall–Kier alpha value is -2.08. The van der Waals surface area contributed by atoms with Crippen LogP contribution < -0.4 is 5.32 Å². The monoisotopic (exact) mass is 278 g/mol. The number of carbonyl (C=O) groups excluding carboxylic acids is 1. The fraction of sp³-hybridized carbons (Fsp3) is 0.429. The lowest BCUT2D eigenvalue weighted by atomic mass is 10.1. The molecule has 1 aliphatic rings. The van der Waals surface area contributed by atoms with Crippen molar-refractivity contribution in [3.05, 3.63) is 35.9 Å². The number of carboxylic acid groups (broad SMARTS) is 1. The van der Waals surface area contributed by atoms with E-state index in [1.807, 2.05) is 0 Å². The van der Waals surface area contributed by atoms with Gasteiger partial charge in [-0.2, -0.15) is 0 Å². The van der Waals surface area contributed by atoms with E-state index >= 15 is 0 Å². The third-order valence-electron chi connectivity index (χ3n) is 3.50. The third kappa shape index (κ3) is 3.08. The Balaban J connectivity index is 2.09. The van der Waals surface area contributed by atoms with Crippen LogP contribution in [0.2, 0.25) is 0 Å². The molecule has 2 atom stereocenters.